The summed E-state index contributed by atoms with van der Waals surface area (Å²) in [5.74, 6) is 2.79. The predicted molar refractivity (Wildman–Crippen MR) is 98.0 cm³/mol. The molecule has 3 aromatic rings. The smallest absolute Gasteiger partial charge is 0.252 e. The quantitative estimate of drug-likeness (QED) is 0.770. The highest BCUT2D eigenvalue weighted by Crippen LogP contribution is 2.28. The Bertz CT molecular complexity index is 932. The molecule has 1 aliphatic heterocycles. The number of hydrogen-bond donors (Lipinski definition) is 1. The Morgan fingerprint density at radius 2 is 1.96 bits per heavy atom. The molecule has 1 amide bonds. The maximum Gasteiger partial charge on any atom is 0.252 e. The summed E-state index contributed by atoms with van der Waals surface area (Å²) >= 11 is 0. The van der Waals surface area contributed by atoms with Crippen molar-refractivity contribution in [3.63, 3.8) is 0 Å². The van der Waals surface area contributed by atoms with Crippen LogP contribution in [-0.4, -0.2) is 25.7 Å². The van der Waals surface area contributed by atoms with Crippen molar-refractivity contribution in [2.24, 2.45) is 5.92 Å². The number of fused-ring (bicyclic) bond motifs is 1. The number of rotatable bonds is 5. The Labute approximate surface area is 152 Å². The molecule has 0 spiro atoms. The third-order valence-electron chi connectivity index (χ3n) is 4.45. The van der Waals surface area contributed by atoms with Crippen molar-refractivity contribution in [1.82, 2.24) is 25.1 Å². The van der Waals surface area contributed by atoms with E-state index in [1.54, 1.807) is 10.9 Å². The van der Waals surface area contributed by atoms with Crippen LogP contribution < -0.4 is 5.32 Å². The highest BCUT2D eigenvalue weighted by Gasteiger charge is 2.30. The summed E-state index contributed by atoms with van der Waals surface area (Å²) in [5, 5.41) is 7.72. The van der Waals surface area contributed by atoms with Gasteiger partial charge in [0.05, 0.1) is 6.04 Å². The van der Waals surface area contributed by atoms with Gasteiger partial charge in [-0.05, 0) is 29.7 Å². The highest BCUT2D eigenvalue weighted by atomic mass is 16.2. The summed E-state index contributed by atoms with van der Waals surface area (Å²) in [6.07, 6.45) is 3.13. The van der Waals surface area contributed by atoms with Crippen LogP contribution in [0.1, 0.15) is 47.5 Å². The van der Waals surface area contributed by atoms with Gasteiger partial charge in [0.1, 0.15) is 5.82 Å². The fourth-order valence-electron chi connectivity index (χ4n) is 3.30. The first-order valence-electron chi connectivity index (χ1n) is 8.88. The third kappa shape index (κ3) is 3.10. The normalized spacial score (nSPS) is 16.0. The van der Waals surface area contributed by atoms with Gasteiger partial charge in [-0.2, -0.15) is 4.68 Å². The summed E-state index contributed by atoms with van der Waals surface area (Å²) in [7, 11) is 0. The molecule has 6 nitrogen and oxygen atoms in total. The molecule has 4 rings (SSSR count). The van der Waals surface area contributed by atoms with Gasteiger partial charge in [0.2, 0.25) is 0 Å². The summed E-state index contributed by atoms with van der Waals surface area (Å²) in [5.41, 5.74) is 1.75. The van der Waals surface area contributed by atoms with E-state index in [2.05, 4.69) is 29.2 Å². The van der Waals surface area contributed by atoms with Crippen molar-refractivity contribution < 1.29 is 4.79 Å². The zero-order valence-electron chi connectivity index (χ0n) is 14.9. The fraction of sp³-hybridized carbons (Fsp3) is 0.300. The first kappa shape index (κ1) is 16.4. The molecule has 1 N–H and O–H groups in total. The average Bonchev–Trinajstić information content (AvgIpc) is 3.17. The van der Waals surface area contributed by atoms with Crippen LogP contribution in [0.4, 0.5) is 0 Å². The molecular weight excluding hydrogens is 326 g/mol. The standard InChI is InChI=1S/C20H21N5O/c1-13(2)11-17-23-19(25(24-17)18-9-5-6-10-21-18)12-16-14-7-3-4-8-15(14)20(26)22-16/h3-10,13,16H,11-12H2,1-2H3,(H,22,26)/t16-/m0/s1. The maximum absolute atomic E-state index is 12.2. The van der Waals surface area contributed by atoms with Crippen molar-refractivity contribution in [1.29, 1.82) is 0 Å². The second-order valence-corrected chi connectivity index (χ2v) is 6.96. The molecule has 0 radical (unpaired) electrons. The molecule has 26 heavy (non-hydrogen) atoms. The maximum atomic E-state index is 12.2. The van der Waals surface area contributed by atoms with Crippen LogP contribution in [0, 0.1) is 5.92 Å². The minimum absolute atomic E-state index is 0.0306. The number of aromatic nitrogens is 4. The van der Waals surface area contributed by atoms with Crippen LogP contribution in [0.15, 0.2) is 48.7 Å². The SMILES string of the molecule is CC(C)Cc1nc(C[C@@H]2NC(=O)c3ccccc32)n(-c2ccccn2)n1. The van der Waals surface area contributed by atoms with Crippen LogP contribution >= 0.6 is 0 Å². The van der Waals surface area contributed by atoms with Gasteiger partial charge in [0.15, 0.2) is 11.6 Å². The predicted octanol–water partition coefficient (Wildman–Crippen LogP) is 2.89. The monoisotopic (exact) mass is 347 g/mol. The molecular formula is C20H21N5O. The number of hydrogen-bond acceptors (Lipinski definition) is 4. The Morgan fingerprint density at radius 1 is 1.15 bits per heavy atom. The summed E-state index contributed by atoms with van der Waals surface area (Å²) in [6, 6.07) is 13.3. The van der Waals surface area contributed by atoms with Crippen LogP contribution in [0.3, 0.4) is 0 Å². The van der Waals surface area contributed by atoms with Crippen LogP contribution in [0.2, 0.25) is 0 Å². The molecule has 0 saturated carbocycles. The zero-order chi connectivity index (χ0) is 18.1. The third-order valence-corrected chi connectivity index (χ3v) is 4.45. The van der Waals surface area contributed by atoms with E-state index in [9.17, 15) is 4.79 Å². The van der Waals surface area contributed by atoms with Crippen molar-refractivity contribution in [3.05, 3.63) is 71.4 Å². The van der Waals surface area contributed by atoms with Crippen molar-refractivity contribution in [3.8, 4) is 5.82 Å². The Morgan fingerprint density at radius 3 is 2.73 bits per heavy atom. The molecule has 0 fully saturated rings. The Kier molecular flexibility index (Phi) is 4.24. The lowest BCUT2D eigenvalue weighted by Crippen LogP contribution is -2.22. The Balaban J connectivity index is 1.70. The van der Waals surface area contributed by atoms with E-state index in [4.69, 9.17) is 4.98 Å². The first-order chi connectivity index (χ1) is 12.6. The second-order valence-electron chi connectivity index (χ2n) is 6.96. The van der Waals surface area contributed by atoms with Gasteiger partial charge in [-0.15, -0.1) is 5.10 Å². The molecule has 2 aromatic heterocycles. The van der Waals surface area contributed by atoms with Crippen LogP contribution in [-0.2, 0) is 12.8 Å². The molecule has 0 aliphatic carbocycles. The van der Waals surface area contributed by atoms with Crippen molar-refractivity contribution in [2.45, 2.75) is 32.7 Å². The van der Waals surface area contributed by atoms with E-state index in [0.29, 0.717) is 12.3 Å². The van der Waals surface area contributed by atoms with Gasteiger partial charge in [-0.1, -0.05) is 38.1 Å². The molecule has 3 heterocycles. The Hall–Kier alpha value is -3.02. The number of nitrogens with zero attached hydrogens (tertiary/aromatic N) is 4. The molecule has 1 aromatic carbocycles. The topological polar surface area (TPSA) is 72.7 Å². The van der Waals surface area contributed by atoms with Gasteiger partial charge >= 0.3 is 0 Å². The lowest BCUT2D eigenvalue weighted by Gasteiger charge is -2.11. The second kappa shape index (κ2) is 6.71. The molecule has 0 unspecified atom stereocenters. The molecule has 6 heteroatoms. The van der Waals surface area contributed by atoms with Gasteiger partial charge in [-0.3, -0.25) is 4.79 Å². The highest BCUT2D eigenvalue weighted by molar-refractivity contribution is 5.99. The number of amides is 1. The number of benzene rings is 1. The minimum atomic E-state index is -0.0998. The number of carbonyl (C=O) groups is 1. The molecule has 0 bridgehead atoms. The van der Waals surface area contributed by atoms with E-state index in [-0.39, 0.29) is 11.9 Å². The number of pyridine rings is 1. The van der Waals surface area contributed by atoms with Crippen molar-refractivity contribution in [2.75, 3.05) is 0 Å². The van der Waals surface area contributed by atoms with E-state index in [0.717, 1.165) is 35.0 Å². The number of carbonyl (C=O) groups excluding carboxylic acids is 1. The molecule has 1 aliphatic rings. The minimum Gasteiger partial charge on any atom is -0.345 e. The molecule has 0 saturated heterocycles. The first-order valence-corrected chi connectivity index (χ1v) is 8.88. The lowest BCUT2D eigenvalue weighted by atomic mass is 10.0. The zero-order valence-corrected chi connectivity index (χ0v) is 14.9. The van der Waals surface area contributed by atoms with E-state index in [1.165, 1.54) is 0 Å². The van der Waals surface area contributed by atoms with Gasteiger partial charge in [0.25, 0.3) is 5.91 Å². The summed E-state index contributed by atoms with van der Waals surface area (Å²) in [6.45, 7) is 4.29. The summed E-state index contributed by atoms with van der Waals surface area (Å²) in [4.78, 5) is 21.4. The summed E-state index contributed by atoms with van der Waals surface area (Å²) < 4.78 is 1.80. The number of nitrogens with one attached hydrogen (secondary N) is 1. The average molecular weight is 347 g/mol. The molecule has 132 valence electrons. The van der Waals surface area contributed by atoms with Crippen LogP contribution in [0.5, 0.6) is 0 Å². The van der Waals surface area contributed by atoms with E-state index in [1.807, 2.05) is 42.5 Å². The van der Waals surface area contributed by atoms with Gasteiger partial charge in [0, 0.05) is 24.6 Å². The van der Waals surface area contributed by atoms with E-state index >= 15 is 0 Å². The van der Waals surface area contributed by atoms with Gasteiger partial charge < -0.3 is 5.32 Å². The van der Waals surface area contributed by atoms with Gasteiger partial charge in [-0.25, -0.2) is 9.97 Å². The largest absolute Gasteiger partial charge is 0.345 e. The lowest BCUT2D eigenvalue weighted by molar-refractivity contribution is 0.0956. The van der Waals surface area contributed by atoms with Crippen LogP contribution in [0.25, 0.3) is 5.82 Å². The van der Waals surface area contributed by atoms with E-state index < -0.39 is 0 Å². The molecule has 1 atom stereocenters. The fourth-order valence-corrected chi connectivity index (χ4v) is 3.30. The van der Waals surface area contributed by atoms with Crippen molar-refractivity contribution >= 4 is 5.91 Å².